The fourth-order valence-electron chi connectivity index (χ4n) is 3.04. The Kier molecular flexibility index (Phi) is 7.04. The van der Waals surface area contributed by atoms with Crippen molar-refractivity contribution in [1.82, 2.24) is 10.2 Å². The zero-order valence-corrected chi connectivity index (χ0v) is 18.1. The van der Waals surface area contributed by atoms with Crippen LogP contribution in [0.2, 0.25) is 0 Å². The van der Waals surface area contributed by atoms with Crippen molar-refractivity contribution in [3.8, 4) is 0 Å². The summed E-state index contributed by atoms with van der Waals surface area (Å²) in [5, 5.41) is 2.86. The Morgan fingerprint density at radius 2 is 1.52 bits per heavy atom. The number of nitrogens with one attached hydrogen (secondary N) is 2. The van der Waals surface area contributed by atoms with Crippen LogP contribution in [0.15, 0.2) is 77.7 Å². The molecule has 162 valence electrons. The predicted molar refractivity (Wildman–Crippen MR) is 119 cm³/mol. The molecule has 3 aromatic carbocycles. The highest BCUT2D eigenvalue weighted by Gasteiger charge is 2.17. The van der Waals surface area contributed by atoms with Gasteiger partial charge < -0.3 is 10.2 Å². The molecule has 0 aliphatic heterocycles. The number of nitrogens with zero attached hydrogens (tertiary/aromatic N) is 1. The van der Waals surface area contributed by atoms with Gasteiger partial charge in [-0.05, 0) is 61.6 Å². The number of hydrogen-bond donors (Lipinski definition) is 2. The first kappa shape index (κ1) is 22.5. The minimum Gasteiger partial charge on any atom is -0.348 e. The van der Waals surface area contributed by atoms with Gasteiger partial charge in [0.2, 0.25) is 0 Å². The molecular formula is C23H24FN3O3S. The summed E-state index contributed by atoms with van der Waals surface area (Å²) in [7, 11) is -0.0207. The molecule has 6 nitrogen and oxygen atoms in total. The molecular weight excluding hydrogens is 417 g/mol. The fourth-order valence-corrected chi connectivity index (χ4v) is 4.10. The van der Waals surface area contributed by atoms with Crippen LogP contribution in [-0.4, -0.2) is 33.3 Å². The van der Waals surface area contributed by atoms with Gasteiger partial charge in [0.25, 0.3) is 15.9 Å². The molecule has 0 fully saturated rings. The zero-order valence-electron chi connectivity index (χ0n) is 17.3. The highest BCUT2D eigenvalue weighted by molar-refractivity contribution is 7.92. The molecule has 0 saturated carbocycles. The Hall–Kier alpha value is -3.23. The summed E-state index contributed by atoms with van der Waals surface area (Å²) in [6, 6.07) is 18.9. The van der Waals surface area contributed by atoms with Gasteiger partial charge in [0, 0.05) is 18.7 Å². The Labute approximate surface area is 181 Å². The normalized spacial score (nSPS) is 11.4. The number of rotatable bonds is 8. The minimum atomic E-state index is -3.98. The molecule has 0 aliphatic carbocycles. The van der Waals surface area contributed by atoms with Gasteiger partial charge in [-0.25, -0.2) is 12.8 Å². The minimum absolute atomic E-state index is 0.0661. The number of anilines is 1. The molecule has 3 rings (SSSR count). The first-order valence-corrected chi connectivity index (χ1v) is 11.1. The van der Waals surface area contributed by atoms with Crippen molar-refractivity contribution in [3.63, 3.8) is 0 Å². The lowest BCUT2D eigenvalue weighted by molar-refractivity contribution is 0.0950. The van der Waals surface area contributed by atoms with Crippen LogP contribution in [0.5, 0.6) is 0 Å². The van der Waals surface area contributed by atoms with Gasteiger partial charge >= 0.3 is 0 Å². The highest BCUT2D eigenvalue weighted by Crippen LogP contribution is 2.19. The summed E-state index contributed by atoms with van der Waals surface area (Å²) in [4.78, 5) is 14.5. The van der Waals surface area contributed by atoms with E-state index in [1.165, 1.54) is 48.5 Å². The number of sulfonamides is 1. The van der Waals surface area contributed by atoms with Gasteiger partial charge in [0.15, 0.2) is 0 Å². The summed E-state index contributed by atoms with van der Waals surface area (Å²) in [5.41, 5.74) is 2.32. The SMILES string of the molecule is CN(C)Cc1ccccc1CNC(=O)c1ccc(S(=O)(=O)Nc2ccccc2F)cc1. The third kappa shape index (κ3) is 5.90. The first-order valence-electron chi connectivity index (χ1n) is 9.63. The van der Waals surface area contributed by atoms with E-state index in [4.69, 9.17) is 0 Å². The van der Waals surface area contributed by atoms with Crippen LogP contribution in [0.25, 0.3) is 0 Å². The molecule has 0 saturated heterocycles. The molecule has 1 amide bonds. The number of carbonyl (C=O) groups excluding carboxylic acids is 1. The van der Waals surface area contributed by atoms with Crippen molar-refractivity contribution in [1.29, 1.82) is 0 Å². The van der Waals surface area contributed by atoms with Gasteiger partial charge in [-0.2, -0.15) is 0 Å². The smallest absolute Gasteiger partial charge is 0.261 e. The molecule has 31 heavy (non-hydrogen) atoms. The van der Waals surface area contributed by atoms with Gasteiger partial charge in [0.05, 0.1) is 10.6 Å². The van der Waals surface area contributed by atoms with E-state index in [0.717, 1.165) is 17.7 Å². The quantitative estimate of drug-likeness (QED) is 0.560. The summed E-state index contributed by atoms with van der Waals surface area (Å²) in [5.74, 6) is -0.984. The molecule has 3 aromatic rings. The molecule has 0 atom stereocenters. The Morgan fingerprint density at radius 1 is 0.903 bits per heavy atom. The van der Waals surface area contributed by atoms with E-state index in [1.54, 1.807) is 0 Å². The second-order valence-corrected chi connectivity index (χ2v) is 8.98. The lowest BCUT2D eigenvalue weighted by Gasteiger charge is -2.15. The zero-order chi connectivity index (χ0) is 22.4. The third-order valence-electron chi connectivity index (χ3n) is 4.59. The molecule has 2 N–H and O–H groups in total. The van der Waals surface area contributed by atoms with E-state index in [2.05, 4.69) is 14.9 Å². The van der Waals surface area contributed by atoms with Crippen LogP contribution in [0.3, 0.4) is 0 Å². The number of amides is 1. The molecule has 0 unspecified atom stereocenters. The van der Waals surface area contributed by atoms with Crippen molar-refractivity contribution < 1.29 is 17.6 Å². The molecule has 0 bridgehead atoms. The largest absolute Gasteiger partial charge is 0.348 e. The number of hydrogen-bond acceptors (Lipinski definition) is 4. The van der Waals surface area contributed by atoms with Gasteiger partial charge in [-0.1, -0.05) is 36.4 Å². The van der Waals surface area contributed by atoms with E-state index >= 15 is 0 Å². The third-order valence-corrected chi connectivity index (χ3v) is 5.97. The van der Waals surface area contributed by atoms with Gasteiger partial charge in [-0.3, -0.25) is 9.52 Å². The molecule has 0 radical (unpaired) electrons. The Balaban J connectivity index is 1.67. The average Bonchev–Trinajstić information content (AvgIpc) is 2.74. The van der Waals surface area contributed by atoms with Crippen molar-refractivity contribution in [2.45, 2.75) is 18.0 Å². The van der Waals surface area contributed by atoms with Crippen LogP contribution in [0, 0.1) is 5.82 Å². The fraction of sp³-hybridized carbons (Fsp3) is 0.174. The maximum Gasteiger partial charge on any atom is 0.261 e. The first-order chi connectivity index (χ1) is 14.8. The molecule has 0 aliphatic rings. The van der Waals surface area contributed by atoms with Gasteiger partial charge in [-0.15, -0.1) is 0 Å². The second kappa shape index (κ2) is 9.72. The van der Waals surface area contributed by atoms with Crippen molar-refractivity contribution in [3.05, 3.63) is 95.3 Å². The maximum absolute atomic E-state index is 13.7. The lowest BCUT2D eigenvalue weighted by atomic mass is 10.1. The number of para-hydroxylation sites is 1. The highest BCUT2D eigenvalue weighted by atomic mass is 32.2. The monoisotopic (exact) mass is 441 g/mol. The van der Waals surface area contributed by atoms with E-state index in [1.807, 2.05) is 38.4 Å². The summed E-state index contributed by atoms with van der Waals surface area (Å²) in [6.45, 7) is 1.12. The summed E-state index contributed by atoms with van der Waals surface area (Å²) >= 11 is 0. The molecule has 0 heterocycles. The lowest BCUT2D eigenvalue weighted by Crippen LogP contribution is -2.24. The summed E-state index contributed by atoms with van der Waals surface area (Å²) < 4.78 is 40.9. The van der Waals surface area contributed by atoms with E-state index in [9.17, 15) is 17.6 Å². The van der Waals surface area contributed by atoms with Crippen LogP contribution in [0.1, 0.15) is 21.5 Å². The van der Waals surface area contributed by atoms with Crippen molar-refractivity contribution in [2.75, 3.05) is 18.8 Å². The van der Waals surface area contributed by atoms with Crippen LogP contribution < -0.4 is 10.0 Å². The number of halogens is 1. The molecule has 8 heteroatoms. The molecule has 0 spiro atoms. The van der Waals surface area contributed by atoms with Gasteiger partial charge in [0.1, 0.15) is 5.82 Å². The Bertz CT molecular complexity index is 1160. The van der Waals surface area contributed by atoms with E-state index in [-0.39, 0.29) is 16.5 Å². The van der Waals surface area contributed by atoms with Crippen molar-refractivity contribution in [2.24, 2.45) is 0 Å². The Morgan fingerprint density at radius 3 is 2.16 bits per heavy atom. The second-order valence-electron chi connectivity index (χ2n) is 7.30. The topological polar surface area (TPSA) is 78.5 Å². The van der Waals surface area contributed by atoms with Crippen LogP contribution in [-0.2, 0) is 23.1 Å². The van der Waals surface area contributed by atoms with E-state index < -0.39 is 15.8 Å². The predicted octanol–water partition coefficient (Wildman–Crippen LogP) is 3.62. The van der Waals surface area contributed by atoms with Crippen molar-refractivity contribution >= 4 is 21.6 Å². The number of benzene rings is 3. The molecule has 0 aromatic heterocycles. The standard InChI is InChI=1S/C23H24FN3O3S/c1-27(2)16-19-8-4-3-7-18(19)15-25-23(28)17-11-13-20(14-12-17)31(29,30)26-22-10-6-5-9-21(22)24/h3-14,26H,15-16H2,1-2H3,(H,25,28). The van der Waals surface area contributed by atoms with Crippen LogP contribution in [0.4, 0.5) is 10.1 Å². The maximum atomic E-state index is 13.7. The average molecular weight is 442 g/mol. The van der Waals surface area contributed by atoms with E-state index in [0.29, 0.717) is 12.1 Å². The number of carbonyl (C=O) groups is 1. The van der Waals surface area contributed by atoms with Crippen LogP contribution >= 0.6 is 0 Å². The summed E-state index contributed by atoms with van der Waals surface area (Å²) in [6.07, 6.45) is 0.